The molecule has 0 heterocycles. The Kier molecular flexibility index (Phi) is 4.85. The molecule has 1 unspecified atom stereocenters. The molecule has 0 radical (unpaired) electrons. The van der Waals surface area contributed by atoms with Crippen LogP contribution in [-0.2, 0) is 9.09 Å². The summed E-state index contributed by atoms with van der Waals surface area (Å²) in [5, 5.41) is 19.9. The summed E-state index contributed by atoms with van der Waals surface area (Å²) < 4.78 is 16.4. The molecule has 0 aliphatic carbocycles. The summed E-state index contributed by atoms with van der Waals surface area (Å²) in [6, 6.07) is 9.81. The molecule has 1 aromatic rings. The Morgan fingerprint density at radius 1 is 1.47 bits per heavy atom. The van der Waals surface area contributed by atoms with E-state index in [9.17, 15) is 9.46 Å². The molecule has 1 aromatic carbocycles. The average Bonchev–Trinajstić information content (AvgIpc) is 2.31. The first-order valence-electron chi connectivity index (χ1n) is 4.74. The Labute approximate surface area is 98.3 Å². The molecule has 1 atom stereocenters. The molecule has 7 heteroatoms. The highest BCUT2D eigenvalue weighted by Gasteiger charge is 2.29. The van der Waals surface area contributed by atoms with Crippen LogP contribution in [-0.4, -0.2) is 22.2 Å². The van der Waals surface area contributed by atoms with E-state index in [1.165, 1.54) is 12.1 Å². The van der Waals surface area contributed by atoms with E-state index in [-0.39, 0.29) is 18.6 Å². The van der Waals surface area contributed by atoms with Gasteiger partial charge in [-0.05, 0) is 0 Å². The molecule has 1 rings (SSSR count). The maximum atomic E-state index is 11.8. The lowest BCUT2D eigenvalue weighted by Gasteiger charge is -2.12. The van der Waals surface area contributed by atoms with Crippen LogP contribution >= 0.6 is 7.60 Å². The minimum atomic E-state index is -4.21. The van der Waals surface area contributed by atoms with E-state index >= 15 is 0 Å². The zero-order valence-corrected chi connectivity index (χ0v) is 9.75. The second-order valence-electron chi connectivity index (χ2n) is 3.05. The minimum Gasteiger partial charge on any atom is -0.410 e. The molecule has 2 N–H and O–H groups in total. The predicted molar refractivity (Wildman–Crippen MR) is 60.8 cm³/mol. The highest BCUT2D eigenvalue weighted by atomic mass is 31.2. The maximum absolute atomic E-state index is 11.8. The first-order valence-corrected chi connectivity index (χ1v) is 6.32. The largest absolute Gasteiger partial charge is 0.410 e. The van der Waals surface area contributed by atoms with E-state index in [0.717, 1.165) is 0 Å². The standard InChI is InChI=1S/C10H11N2O4P/c11-7-4-8-16-17(14,15)10(12-13)9-5-2-1-3-6-9/h1-3,5-6,13H,4,8H2,(H,14,15)/b12-10+. The molecule has 0 fully saturated rings. The second-order valence-corrected chi connectivity index (χ2v) is 4.77. The minimum absolute atomic E-state index is 0.0158. The third-order valence-corrected chi connectivity index (χ3v) is 3.29. The van der Waals surface area contributed by atoms with Gasteiger partial charge in [-0.1, -0.05) is 35.5 Å². The number of nitriles is 1. The molecule has 0 amide bonds. The van der Waals surface area contributed by atoms with E-state index in [2.05, 4.69) is 9.68 Å². The predicted octanol–water partition coefficient (Wildman–Crippen LogP) is 1.94. The van der Waals surface area contributed by atoms with E-state index < -0.39 is 13.0 Å². The highest BCUT2D eigenvalue weighted by Crippen LogP contribution is 2.46. The van der Waals surface area contributed by atoms with Crippen LogP contribution < -0.4 is 0 Å². The Morgan fingerprint density at radius 3 is 2.65 bits per heavy atom. The van der Waals surface area contributed by atoms with Gasteiger partial charge >= 0.3 is 7.60 Å². The molecule has 17 heavy (non-hydrogen) atoms. The van der Waals surface area contributed by atoms with Crippen LogP contribution in [0.3, 0.4) is 0 Å². The van der Waals surface area contributed by atoms with Gasteiger partial charge in [-0.2, -0.15) is 5.26 Å². The van der Waals surface area contributed by atoms with Crippen molar-refractivity contribution in [3.05, 3.63) is 35.9 Å². The number of benzene rings is 1. The number of hydrogen-bond acceptors (Lipinski definition) is 5. The van der Waals surface area contributed by atoms with Crippen LogP contribution in [0.2, 0.25) is 0 Å². The summed E-state index contributed by atoms with van der Waals surface area (Å²) in [7, 11) is -4.21. The van der Waals surface area contributed by atoms with Gasteiger partial charge < -0.3 is 14.6 Å². The van der Waals surface area contributed by atoms with Gasteiger partial charge in [0.15, 0.2) is 5.45 Å². The van der Waals surface area contributed by atoms with E-state index in [0.29, 0.717) is 0 Å². The molecule has 0 saturated heterocycles. The topological polar surface area (TPSA) is 103 Å². The first-order chi connectivity index (χ1) is 8.11. The lowest BCUT2D eigenvalue weighted by atomic mass is 10.2. The molecule has 90 valence electrons. The number of hydrogen-bond donors (Lipinski definition) is 2. The molecule has 0 saturated carbocycles. The lowest BCUT2D eigenvalue weighted by molar-refractivity contribution is 0.274. The van der Waals surface area contributed by atoms with E-state index in [1.54, 1.807) is 24.3 Å². The van der Waals surface area contributed by atoms with Gasteiger partial charge in [0.05, 0.1) is 19.1 Å². The van der Waals surface area contributed by atoms with Crippen molar-refractivity contribution in [2.75, 3.05) is 6.61 Å². The maximum Gasteiger partial charge on any atom is 0.381 e. The Morgan fingerprint density at radius 2 is 2.12 bits per heavy atom. The highest BCUT2D eigenvalue weighted by molar-refractivity contribution is 7.72. The summed E-state index contributed by atoms with van der Waals surface area (Å²) in [4.78, 5) is 9.59. The van der Waals surface area contributed by atoms with Crippen molar-refractivity contribution in [3.63, 3.8) is 0 Å². The van der Waals surface area contributed by atoms with Crippen LogP contribution in [0.5, 0.6) is 0 Å². The van der Waals surface area contributed by atoms with Gasteiger partial charge in [-0.25, -0.2) is 0 Å². The summed E-state index contributed by atoms with van der Waals surface area (Å²) in [5.41, 5.74) is -0.145. The van der Waals surface area contributed by atoms with Crippen molar-refractivity contribution in [3.8, 4) is 6.07 Å². The summed E-state index contributed by atoms with van der Waals surface area (Å²) in [5.74, 6) is 0. The van der Waals surface area contributed by atoms with Gasteiger partial charge in [-0.3, -0.25) is 4.57 Å². The van der Waals surface area contributed by atoms with Gasteiger partial charge in [0.25, 0.3) is 0 Å². The van der Waals surface area contributed by atoms with Crippen LogP contribution in [0.15, 0.2) is 35.5 Å². The normalized spacial score (nSPS) is 14.9. The second kappa shape index (κ2) is 6.16. The van der Waals surface area contributed by atoms with E-state index in [4.69, 9.17) is 10.5 Å². The molecular weight excluding hydrogens is 243 g/mol. The Bertz CT molecular complexity index is 481. The van der Waals surface area contributed by atoms with Crippen molar-refractivity contribution >= 4 is 13.0 Å². The summed E-state index contributed by atoms with van der Waals surface area (Å²) >= 11 is 0. The molecule has 6 nitrogen and oxygen atoms in total. The molecular formula is C10H11N2O4P. The average molecular weight is 254 g/mol. The SMILES string of the molecule is N#CCCOP(=O)(O)/C(=N/O)c1ccccc1. The van der Waals surface area contributed by atoms with Gasteiger partial charge in [0, 0.05) is 5.56 Å². The van der Waals surface area contributed by atoms with Crippen molar-refractivity contribution in [1.29, 1.82) is 5.26 Å². The molecule has 0 bridgehead atoms. The molecule has 0 aliphatic rings. The molecule has 0 aromatic heterocycles. The number of oxime groups is 1. The monoisotopic (exact) mass is 254 g/mol. The number of nitrogens with zero attached hydrogens (tertiary/aromatic N) is 2. The van der Waals surface area contributed by atoms with Crippen LogP contribution in [0.4, 0.5) is 0 Å². The molecule has 0 spiro atoms. The Balaban J connectivity index is 2.89. The quantitative estimate of drug-likeness (QED) is 0.275. The first kappa shape index (κ1) is 13.4. The van der Waals surface area contributed by atoms with Gasteiger partial charge in [0.1, 0.15) is 0 Å². The fourth-order valence-electron chi connectivity index (χ4n) is 1.14. The van der Waals surface area contributed by atoms with Crippen molar-refractivity contribution in [2.24, 2.45) is 5.16 Å². The fourth-order valence-corrected chi connectivity index (χ4v) is 2.19. The zero-order valence-electron chi connectivity index (χ0n) is 8.85. The third-order valence-electron chi connectivity index (χ3n) is 1.87. The van der Waals surface area contributed by atoms with Crippen molar-refractivity contribution < 1.29 is 19.2 Å². The van der Waals surface area contributed by atoms with Gasteiger partial charge in [0.2, 0.25) is 0 Å². The van der Waals surface area contributed by atoms with E-state index in [1.807, 2.05) is 0 Å². The molecule has 0 aliphatic heterocycles. The third kappa shape index (κ3) is 3.68. The van der Waals surface area contributed by atoms with Crippen molar-refractivity contribution in [1.82, 2.24) is 0 Å². The van der Waals surface area contributed by atoms with Crippen LogP contribution in [0, 0.1) is 11.3 Å². The van der Waals surface area contributed by atoms with Crippen LogP contribution in [0.1, 0.15) is 12.0 Å². The van der Waals surface area contributed by atoms with Crippen LogP contribution in [0.25, 0.3) is 0 Å². The van der Waals surface area contributed by atoms with Gasteiger partial charge in [-0.15, -0.1) is 0 Å². The lowest BCUT2D eigenvalue weighted by Crippen LogP contribution is -2.06. The summed E-state index contributed by atoms with van der Waals surface area (Å²) in [6.45, 7) is -0.198. The fraction of sp³-hybridized carbons (Fsp3) is 0.200. The number of rotatable bonds is 5. The zero-order chi connectivity index (χ0) is 12.7. The van der Waals surface area contributed by atoms with Crippen molar-refractivity contribution in [2.45, 2.75) is 6.42 Å². The summed E-state index contributed by atoms with van der Waals surface area (Å²) in [6.07, 6.45) is -0.0158. The smallest absolute Gasteiger partial charge is 0.381 e. The Hall–Kier alpha value is -1.67.